The van der Waals surface area contributed by atoms with Gasteiger partial charge in [-0.05, 0) is 24.6 Å². The van der Waals surface area contributed by atoms with Gasteiger partial charge in [0.05, 0.1) is 6.04 Å². The van der Waals surface area contributed by atoms with Crippen LogP contribution in [0.4, 0.5) is 4.79 Å². The first kappa shape index (κ1) is 16.1. The van der Waals surface area contributed by atoms with Gasteiger partial charge in [0.25, 0.3) is 5.91 Å². The van der Waals surface area contributed by atoms with Gasteiger partial charge in [0, 0.05) is 25.8 Å². The lowest BCUT2D eigenvalue weighted by Gasteiger charge is -2.34. The Morgan fingerprint density at radius 1 is 1.17 bits per heavy atom. The Kier molecular flexibility index (Phi) is 4.55. The number of carbonyl (C=O) groups is 2. The summed E-state index contributed by atoms with van der Waals surface area (Å²) in [7, 11) is 1.61. The van der Waals surface area contributed by atoms with E-state index in [1.54, 1.807) is 18.0 Å². The summed E-state index contributed by atoms with van der Waals surface area (Å²) < 4.78 is 7.39. The molecule has 0 fully saturated rings. The van der Waals surface area contributed by atoms with Crippen LogP contribution in [0.5, 0.6) is 0 Å². The highest BCUT2D eigenvalue weighted by molar-refractivity contribution is 5.92. The molecule has 1 aliphatic heterocycles. The average Bonchev–Trinajstić information content (AvgIpc) is 3.05. The van der Waals surface area contributed by atoms with E-state index in [-0.39, 0.29) is 24.6 Å². The SMILES string of the molecule is CNC(=O)c1ccc2n1CCN(C(=O)OCc1ccccc1)C2C. The monoisotopic (exact) mass is 327 g/mol. The van der Waals surface area contributed by atoms with E-state index in [1.165, 1.54) is 0 Å². The Morgan fingerprint density at radius 3 is 2.62 bits per heavy atom. The Morgan fingerprint density at radius 2 is 1.92 bits per heavy atom. The molecule has 0 spiro atoms. The summed E-state index contributed by atoms with van der Waals surface area (Å²) in [5, 5.41) is 2.64. The van der Waals surface area contributed by atoms with Crippen molar-refractivity contribution < 1.29 is 14.3 Å². The molecule has 6 nitrogen and oxygen atoms in total. The molecule has 24 heavy (non-hydrogen) atoms. The summed E-state index contributed by atoms with van der Waals surface area (Å²) in [4.78, 5) is 26.0. The van der Waals surface area contributed by atoms with E-state index in [1.807, 2.05) is 47.9 Å². The van der Waals surface area contributed by atoms with Crippen LogP contribution in [0.2, 0.25) is 0 Å². The molecular formula is C18H21N3O3. The van der Waals surface area contributed by atoms with Crippen LogP contribution in [-0.2, 0) is 17.9 Å². The van der Waals surface area contributed by atoms with Crippen molar-refractivity contribution in [2.24, 2.45) is 0 Å². The number of ether oxygens (including phenoxy) is 1. The first-order valence-electron chi connectivity index (χ1n) is 8.00. The fourth-order valence-corrected chi connectivity index (χ4v) is 3.04. The highest BCUT2D eigenvalue weighted by Gasteiger charge is 2.31. The van der Waals surface area contributed by atoms with Crippen LogP contribution in [0.15, 0.2) is 42.5 Å². The Hall–Kier alpha value is -2.76. The fourth-order valence-electron chi connectivity index (χ4n) is 3.04. The number of rotatable bonds is 3. The highest BCUT2D eigenvalue weighted by Crippen LogP contribution is 2.28. The van der Waals surface area contributed by atoms with Gasteiger partial charge in [0.15, 0.2) is 0 Å². The summed E-state index contributed by atoms with van der Waals surface area (Å²) in [6.45, 7) is 3.30. The number of fused-ring (bicyclic) bond motifs is 1. The van der Waals surface area contributed by atoms with E-state index < -0.39 is 0 Å². The molecule has 2 aromatic rings. The van der Waals surface area contributed by atoms with E-state index in [0.29, 0.717) is 18.8 Å². The van der Waals surface area contributed by atoms with Gasteiger partial charge in [-0.15, -0.1) is 0 Å². The number of hydrogen-bond donors (Lipinski definition) is 1. The van der Waals surface area contributed by atoms with Crippen LogP contribution in [0, 0.1) is 0 Å². The molecule has 0 saturated heterocycles. The minimum absolute atomic E-state index is 0.117. The van der Waals surface area contributed by atoms with Crippen molar-refractivity contribution in [3.05, 3.63) is 59.4 Å². The van der Waals surface area contributed by atoms with Crippen molar-refractivity contribution in [1.29, 1.82) is 0 Å². The third kappa shape index (κ3) is 2.99. The van der Waals surface area contributed by atoms with Crippen LogP contribution < -0.4 is 5.32 Å². The van der Waals surface area contributed by atoms with Crippen molar-refractivity contribution in [2.45, 2.75) is 26.1 Å². The lowest BCUT2D eigenvalue weighted by molar-refractivity contribution is 0.0732. The maximum absolute atomic E-state index is 12.4. The van der Waals surface area contributed by atoms with E-state index in [9.17, 15) is 9.59 Å². The van der Waals surface area contributed by atoms with Crippen molar-refractivity contribution in [3.63, 3.8) is 0 Å². The molecule has 6 heteroatoms. The van der Waals surface area contributed by atoms with Crippen LogP contribution in [0.1, 0.15) is 34.7 Å². The van der Waals surface area contributed by atoms with Crippen molar-refractivity contribution in [1.82, 2.24) is 14.8 Å². The van der Waals surface area contributed by atoms with Crippen LogP contribution in [0.25, 0.3) is 0 Å². The molecule has 0 bridgehead atoms. The topological polar surface area (TPSA) is 63.6 Å². The van der Waals surface area contributed by atoms with Crippen LogP contribution in [0.3, 0.4) is 0 Å². The van der Waals surface area contributed by atoms with E-state index in [4.69, 9.17) is 4.74 Å². The maximum Gasteiger partial charge on any atom is 0.410 e. The fraction of sp³-hybridized carbons (Fsp3) is 0.333. The molecule has 0 radical (unpaired) electrons. The largest absolute Gasteiger partial charge is 0.445 e. The van der Waals surface area contributed by atoms with Gasteiger partial charge in [-0.2, -0.15) is 0 Å². The first-order valence-corrected chi connectivity index (χ1v) is 8.00. The number of hydrogen-bond acceptors (Lipinski definition) is 3. The third-order valence-electron chi connectivity index (χ3n) is 4.37. The second-order valence-electron chi connectivity index (χ2n) is 5.78. The van der Waals surface area contributed by atoms with Crippen molar-refractivity contribution in [2.75, 3.05) is 13.6 Å². The quantitative estimate of drug-likeness (QED) is 0.942. The molecule has 1 aliphatic rings. The Bertz CT molecular complexity index is 739. The molecule has 1 aromatic carbocycles. The van der Waals surface area contributed by atoms with Gasteiger partial charge in [0.2, 0.25) is 0 Å². The van der Waals surface area contributed by atoms with Gasteiger partial charge in [-0.3, -0.25) is 9.69 Å². The Balaban J connectivity index is 1.69. The normalized spacial score (nSPS) is 16.4. The molecule has 1 aromatic heterocycles. The standard InChI is InChI=1S/C18H21N3O3/c1-13-15-8-9-16(17(22)19-2)21(15)11-10-20(13)18(23)24-12-14-6-4-3-5-7-14/h3-9,13H,10-12H2,1-2H3,(H,19,22). The van der Waals surface area contributed by atoms with E-state index in [2.05, 4.69) is 5.32 Å². The third-order valence-corrected chi connectivity index (χ3v) is 4.37. The lowest BCUT2D eigenvalue weighted by Crippen LogP contribution is -2.42. The van der Waals surface area contributed by atoms with E-state index >= 15 is 0 Å². The first-order chi connectivity index (χ1) is 11.6. The van der Waals surface area contributed by atoms with Gasteiger partial charge in [0.1, 0.15) is 12.3 Å². The minimum Gasteiger partial charge on any atom is -0.445 e. The molecule has 3 rings (SSSR count). The highest BCUT2D eigenvalue weighted by atomic mass is 16.6. The zero-order chi connectivity index (χ0) is 17.1. The van der Waals surface area contributed by atoms with E-state index in [0.717, 1.165) is 11.3 Å². The predicted octanol–water partition coefficient (Wildman–Crippen LogP) is 2.56. The summed E-state index contributed by atoms with van der Waals surface area (Å²) in [5.41, 5.74) is 2.52. The summed E-state index contributed by atoms with van der Waals surface area (Å²) >= 11 is 0. The van der Waals surface area contributed by atoms with Crippen molar-refractivity contribution >= 4 is 12.0 Å². The van der Waals surface area contributed by atoms with Crippen LogP contribution >= 0.6 is 0 Å². The molecule has 1 atom stereocenters. The number of aromatic nitrogens is 1. The number of amides is 2. The summed E-state index contributed by atoms with van der Waals surface area (Å²) in [6, 6.07) is 13.2. The summed E-state index contributed by atoms with van der Waals surface area (Å²) in [6.07, 6.45) is -0.333. The molecule has 0 aliphatic carbocycles. The number of nitrogens with zero attached hydrogens (tertiary/aromatic N) is 2. The molecule has 1 N–H and O–H groups in total. The molecule has 1 unspecified atom stereocenters. The lowest BCUT2D eigenvalue weighted by atomic mass is 10.1. The number of carbonyl (C=O) groups excluding carboxylic acids is 2. The molecular weight excluding hydrogens is 306 g/mol. The molecule has 0 saturated carbocycles. The second-order valence-corrected chi connectivity index (χ2v) is 5.78. The van der Waals surface area contributed by atoms with Gasteiger partial charge < -0.3 is 14.6 Å². The maximum atomic E-state index is 12.4. The van der Waals surface area contributed by atoms with Crippen molar-refractivity contribution in [3.8, 4) is 0 Å². The van der Waals surface area contributed by atoms with Gasteiger partial charge in [-0.25, -0.2) is 4.79 Å². The molecule has 126 valence electrons. The zero-order valence-corrected chi connectivity index (χ0v) is 13.9. The predicted molar refractivity (Wildman–Crippen MR) is 89.6 cm³/mol. The minimum atomic E-state index is -0.333. The second kappa shape index (κ2) is 6.78. The van der Waals surface area contributed by atoms with Crippen LogP contribution in [-0.4, -0.2) is 35.1 Å². The Labute approximate surface area is 141 Å². The average molecular weight is 327 g/mol. The number of benzene rings is 1. The zero-order valence-electron chi connectivity index (χ0n) is 13.9. The number of nitrogens with one attached hydrogen (secondary N) is 1. The van der Waals surface area contributed by atoms with Gasteiger partial charge >= 0.3 is 6.09 Å². The molecule has 2 heterocycles. The smallest absolute Gasteiger partial charge is 0.410 e. The van der Waals surface area contributed by atoms with Gasteiger partial charge in [-0.1, -0.05) is 30.3 Å². The molecule has 2 amide bonds. The summed E-state index contributed by atoms with van der Waals surface area (Å²) in [5.74, 6) is -0.117.